The summed E-state index contributed by atoms with van der Waals surface area (Å²) in [6, 6.07) is -1.95. The number of halogens is 1. The van der Waals surface area contributed by atoms with Crippen molar-refractivity contribution in [2.24, 2.45) is 21.7 Å². The van der Waals surface area contributed by atoms with Gasteiger partial charge in [0.05, 0.1) is 24.4 Å². The smallest absolute Gasteiger partial charge is 0.318 e. The van der Waals surface area contributed by atoms with Crippen LogP contribution >= 0.6 is 0 Å². The van der Waals surface area contributed by atoms with Crippen LogP contribution in [0.3, 0.4) is 0 Å². The maximum absolute atomic E-state index is 13.7. The van der Waals surface area contributed by atoms with Gasteiger partial charge in [0.2, 0.25) is 0 Å². The molecule has 2 rings (SSSR count). The van der Waals surface area contributed by atoms with Crippen molar-refractivity contribution in [3.8, 4) is 0 Å². The minimum absolute atomic E-state index is 0. The molecule has 2 saturated heterocycles. The average Bonchev–Trinajstić information content (AvgIpc) is 3.00. The van der Waals surface area contributed by atoms with E-state index >= 15 is 0 Å². The third kappa shape index (κ3) is 8.08. The van der Waals surface area contributed by atoms with Crippen molar-refractivity contribution in [1.29, 1.82) is 0 Å². The van der Waals surface area contributed by atoms with E-state index in [0.29, 0.717) is 6.79 Å². The van der Waals surface area contributed by atoms with Gasteiger partial charge in [-0.2, -0.15) is 4.39 Å². The molecule has 0 aliphatic carbocycles. The second-order valence-corrected chi connectivity index (χ2v) is 12.7. The quantitative estimate of drug-likeness (QED) is 0.424. The first-order valence-corrected chi connectivity index (χ1v) is 10.4. The van der Waals surface area contributed by atoms with Crippen LogP contribution < -0.4 is 0 Å². The number of hydrogen-bond donors (Lipinski definition) is 0. The maximum Gasteiger partial charge on any atom is 0.318 e. The minimum Gasteiger partial charge on any atom is -0.349 e. The zero-order chi connectivity index (χ0) is 22.3. The minimum atomic E-state index is -1.95. The van der Waals surface area contributed by atoms with Gasteiger partial charge in [0, 0.05) is 6.92 Å². The summed E-state index contributed by atoms with van der Waals surface area (Å²) in [4.78, 5) is 0. The highest BCUT2D eigenvalue weighted by Crippen LogP contribution is 2.45. The third-order valence-electron chi connectivity index (χ3n) is 5.13. The molecule has 0 spiro atoms. The largest absolute Gasteiger partial charge is 0.349 e. The summed E-state index contributed by atoms with van der Waals surface area (Å²) >= 11 is 0. The molecular weight excluding hydrogens is 371 g/mol. The molecule has 0 N–H and O–H groups in total. The zero-order valence-corrected chi connectivity index (χ0v) is 20.5. The fourth-order valence-electron chi connectivity index (χ4n) is 3.64. The average molecular weight is 421 g/mol. The molecule has 0 aromatic rings. The van der Waals surface area contributed by atoms with Crippen LogP contribution in [0.25, 0.3) is 0 Å². The zero-order valence-electron chi connectivity index (χ0n) is 20.5. The van der Waals surface area contributed by atoms with Crippen LogP contribution in [0.15, 0.2) is 0 Å². The van der Waals surface area contributed by atoms with Gasteiger partial charge in [-0.25, -0.2) is 0 Å². The first-order valence-electron chi connectivity index (χ1n) is 10.4. The standard InChI is InChI=1S/C12H23FO2.C11H22O2.CH4/c1-10(2,3)8-9(11(4,5)6)15-12(7,13)14-8;1-10(2,3)8-9(11(4,5)6)13-7-12-8;/h8-9H,1-7H3;8-9H,7H2,1-6H3;1H4. The van der Waals surface area contributed by atoms with Crippen LogP contribution in [-0.2, 0) is 18.9 Å². The van der Waals surface area contributed by atoms with Crippen molar-refractivity contribution < 1.29 is 23.3 Å². The molecule has 0 aromatic heterocycles. The second-order valence-electron chi connectivity index (χ2n) is 12.7. The molecule has 0 aromatic carbocycles. The van der Waals surface area contributed by atoms with Gasteiger partial charge in [-0.3, -0.25) is 0 Å². The Hall–Kier alpha value is -0.230. The Morgan fingerprint density at radius 3 is 1.03 bits per heavy atom. The normalized spacial score (nSPS) is 33.7. The number of ether oxygens (including phenoxy) is 4. The summed E-state index contributed by atoms with van der Waals surface area (Å²) in [5, 5.41) is 0. The van der Waals surface area contributed by atoms with Crippen LogP contribution in [0.4, 0.5) is 4.39 Å². The van der Waals surface area contributed by atoms with E-state index in [1.165, 1.54) is 6.92 Å². The Labute approximate surface area is 180 Å². The molecule has 0 radical (unpaired) electrons. The predicted octanol–water partition coefficient (Wildman–Crippen LogP) is 6.96. The Bertz CT molecular complexity index is 459. The molecule has 4 atom stereocenters. The van der Waals surface area contributed by atoms with Crippen molar-refractivity contribution in [2.75, 3.05) is 6.79 Å². The summed E-state index contributed by atoms with van der Waals surface area (Å²) in [6.45, 7) is 27.2. The Balaban J connectivity index is 0.000000527. The monoisotopic (exact) mass is 420 g/mol. The summed E-state index contributed by atoms with van der Waals surface area (Å²) in [5.74, 6) is 0. The van der Waals surface area contributed by atoms with Crippen molar-refractivity contribution in [3.63, 3.8) is 0 Å². The van der Waals surface area contributed by atoms with Crippen LogP contribution in [0.5, 0.6) is 0 Å². The van der Waals surface area contributed by atoms with E-state index in [2.05, 4.69) is 41.5 Å². The lowest BCUT2D eigenvalue weighted by molar-refractivity contribution is -0.261. The fraction of sp³-hybridized carbons (Fsp3) is 1.00. The van der Waals surface area contributed by atoms with Crippen LogP contribution in [0.1, 0.15) is 97.4 Å². The van der Waals surface area contributed by atoms with E-state index in [1.807, 2.05) is 41.5 Å². The number of alkyl halides is 1. The van der Waals surface area contributed by atoms with Crippen molar-refractivity contribution in [2.45, 2.75) is 128 Å². The van der Waals surface area contributed by atoms with Gasteiger partial charge in [-0.1, -0.05) is 90.5 Å². The number of rotatable bonds is 0. The van der Waals surface area contributed by atoms with E-state index in [1.54, 1.807) is 0 Å². The Kier molecular flexibility index (Phi) is 9.03. The Morgan fingerprint density at radius 1 is 0.586 bits per heavy atom. The molecule has 29 heavy (non-hydrogen) atoms. The van der Waals surface area contributed by atoms with Gasteiger partial charge in [0.25, 0.3) is 0 Å². The highest BCUT2D eigenvalue weighted by Gasteiger charge is 2.53. The molecule has 5 heteroatoms. The van der Waals surface area contributed by atoms with Crippen LogP contribution in [0, 0.1) is 21.7 Å². The van der Waals surface area contributed by atoms with Gasteiger partial charge < -0.3 is 18.9 Å². The molecule has 2 aliphatic rings. The fourth-order valence-corrected chi connectivity index (χ4v) is 3.64. The van der Waals surface area contributed by atoms with Crippen molar-refractivity contribution >= 4 is 0 Å². The van der Waals surface area contributed by atoms with Crippen LogP contribution in [-0.4, -0.2) is 37.2 Å². The predicted molar refractivity (Wildman–Crippen MR) is 118 cm³/mol. The van der Waals surface area contributed by atoms with E-state index in [4.69, 9.17) is 18.9 Å². The summed E-state index contributed by atoms with van der Waals surface area (Å²) in [7, 11) is 0. The highest BCUT2D eigenvalue weighted by molar-refractivity contribution is 4.94. The Morgan fingerprint density at radius 2 is 0.828 bits per heavy atom. The van der Waals surface area contributed by atoms with Gasteiger partial charge in [0.1, 0.15) is 6.79 Å². The van der Waals surface area contributed by atoms with Gasteiger partial charge in [-0.05, 0) is 21.7 Å². The van der Waals surface area contributed by atoms with Gasteiger partial charge >= 0.3 is 6.04 Å². The first-order chi connectivity index (χ1) is 12.2. The molecule has 2 heterocycles. The van der Waals surface area contributed by atoms with Crippen molar-refractivity contribution in [3.05, 3.63) is 0 Å². The maximum atomic E-state index is 13.7. The van der Waals surface area contributed by atoms with E-state index in [9.17, 15) is 4.39 Å². The lowest BCUT2D eigenvalue weighted by atomic mass is 9.76. The topological polar surface area (TPSA) is 36.9 Å². The molecule has 176 valence electrons. The first kappa shape index (κ1) is 28.8. The highest BCUT2D eigenvalue weighted by atomic mass is 19.2. The molecule has 2 fully saturated rings. The van der Waals surface area contributed by atoms with Crippen LogP contribution in [0.2, 0.25) is 0 Å². The van der Waals surface area contributed by atoms with E-state index in [0.717, 1.165) is 0 Å². The lowest BCUT2D eigenvalue weighted by Crippen LogP contribution is -2.42. The lowest BCUT2D eigenvalue weighted by Gasteiger charge is -2.36. The van der Waals surface area contributed by atoms with E-state index < -0.39 is 6.04 Å². The molecular formula is C24H49FO4. The molecule has 4 nitrogen and oxygen atoms in total. The molecule has 0 saturated carbocycles. The van der Waals surface area contributed by atoms with Gasteiger partial charge in [0.15, 0.2) is 0 Å². The molecule has 2 aliphatic heterocycles. The third-order valence-corrected chi connectivity index (χ3v) is 5.13. The summed E-state index contributed by atoms with van der Waals surface area (Å²) in [6.07, 6.45) is -0.00000000000000155. The summed E-state index contributed by atoms with van der Waals surface area (Å²) in [5.41, 5.74) is 0.0759. The number of hydrogen-bond acceptors (Lipinski definition) is 4. The van der Waals surface area contributed by atoms with E-state index in [-0.39, 0.29) is 53.5 Å². The SMILES string of the molecule is C.CC(C)(C)C1OCOC1C(C)(C)C.CC1(F)OC(C(C)(C)C)C(C(C)(C)C)O1. The van der Waals surface area contributed by atoms with Gasteiger partial charge in [-0.15, -0.1) is 0 Å². The second kappa shape index (κ2) is 9.10. The van der Waals surface area contributed by atoms with Crippen molar-refractivity contribution in [1.82, 2.24) is 0 Å². The molecule has 0 amide bonds. The molecule has 0 bridgehead atoms. The molecule has 4 unspecified atom stereocenters. The summed E-state index contributed by atoms with van der Waals surface area (Å²) < 4.78 is 35.7.